The van der Waals surface area contributed by atoms with Gasteiger partial charge in [0.15, 0.2) is 5.01 Å². The van der Waals surface area contributed by atoms with E-state index in [2.05, 4.69) is 15.3 Å². The largest absolute Gasteiger partial charge is 0.507 e. The van der Waals surface area contributed by atoms with E-state index in [1.165, 1.54) is 34.3 Å². The smallest absolute Gasteiger partial charge is 0.234 e. The first-order valence-electron chi connectivity index (χ1n) is 4.40. The predicted molar refractivity (Wildman–Crippen MR) is 55.7 cm³/mol. The molecule has 7 heteroatoms. The van der Waals surface area contributed by atoms with Crippen molar-refractivity contribution in [2.24, 2.45) is 0 Å². The highest BCUT2D eigenvalue weighted by Crippen LogP contribution is 2.32. The van der Waals surface area contributed by atoms with Gasteiger partial charge in [-0.2, -0.15) is 9.61 Å². The zero-order valence-corrected chi connectivity index (χ0v) is 8.65. The van der Waals surface area contributed by atoms with Gasteiger partial charge in [0.25, 0.3) is 0 Å². The van der Waals surface area contributed by atoms with Crippen molar-refractivity contribution in [2.45, 2.75) is 0 Å². The third-order valence-corrected chi connectivity index (χ3v) is 3.02. The molecule has 80 valence electrons. The average molecular weight is 236 g/mol. The molecule has 0 atom stereocenters. The van der Waals surface area contributed by atoms with Gasteiger partial charge in [0.1, 0.15) is 17.9 Å². The van der Waals surface area contributed by atoms with Crippen molar-refractivity contribution in [1.82, 2.24) is 19.8 Å². The lowest BCUT2D eigenvalue weighted by atomic mass is 10.2. The monoisotopic (exact) mass is 236 g/mol. The van der Waals surface area contributed by atoms with E-state index >= 15 is 0 Å². The number of halogens is 1. The molecular weight excluding hydrogens is 231 g/mol. The summed E-state index contributed by atoms with van der Waals surface area (Å²) in [4.78, 5) is 0.624. The minimum Gasteiger partial charge on any atom is -0.507 e. The molecule has 2 heterocycles. The molecule has 3 aromatic rings. The van der Waals surface area contributed by atoms with Gasteiger partial charge in [0.05, 0.1) is 5.56 Å². The van der Waals surface area contributed by atoms with Crippen LogP contribution in [0.2, 0.25) is 0 Å². The van der Waals surface area contributed by atoms with Crippen molar-refractivity contribution in [2.75, 3.05) is 0 Å². The summed E-state index contributed by atoms with van der Waals surface area (Å²) < 4.78 is 14.3. The van der Waals surface area contributed by atoms with Gasteiger partial charge in [-0.1, -0.05) is 11.3 Å². The summed E-state index contributed by atoms with van der Waals surface area (Å²) in [6.07, 6.45) is 1.47. The van der Waals surface area contributed by atoms with Crippen LogP contribution in [-0.4, -0.2) is 24.9 Å². The van der Waals surface area contributed by atoms with Crippen LogP contribution >= 0.6 is 11.3 Å². The maximum absolute atomic E-state index is 12.8. The Morgan fingerprint density at radius 2 is 2.25 bits per heavy atom. The lowest BCUT2D eigenvalue weighted by Crippen LogP contribution is -1.84. The van der Waals surface area contributed by atoms with E-state index in [1.807, 2.05) is 0 Å². The minimum atomic E-state index is -0.482. The molecule has 0 saturated carbocycles. The van der Waals surface area contributed by atoms with E-state index in [1.54, 1.807) is 0 Å². The number of benzene rings is 1. The van der Waals surface area contributed by atoms with Gasteiger partial charge >= 0.3 is 0 Å². The summed E-state index contributed by atoms with van der Waals surface area (Å²) in [7, 11) is 0. The zero-order chi connectivity index (χ0) is 11.1. The van der Waals surface area contributed by atoms with Crippen LogP contribution in [0.1, 0.15) is 0 Å². The fraction of sp³-hybridized carbons (Fsp3) is 0. The molecule has 2 aromatic heterocycles. The van der Waals surface area contributed by atoms with E-state index in [-0.39, 0.29) is 5.75 Å². The van der Waals surface area contributed by atoms with Crippen LogP contribution < -0.4 is 0 Å². The fourth-order valence-electron chi connectivity index (χ4n) is 1.35. The van der Waals surface area contributed by atoms with E-state index in [0.29, 0.717) is 15.5 Å². The molecule has 0 aliphatic rings. The van der Waals surface area contributed by atoms with Crippen LogP contribution in [0, 0.1) is 5.82 Å². The summed E-state index contributed by atoms with van der Waals surface area (Å²) in [5.41, 5.74) is 0.483. The molecule has 0 fully saturated rings. The highest BCUT2D eigenvalue weighted by Gasteiger charge is 2.11. The number of hydrogen-bond donors (Lipinski definition) is 1. The molecule has 1 N–H and O–H groups in total. The second-order valence-electron chi connectivity index (χ2n) is 3.13. The first kappa shape index (κ1) is 9.22. The highest BCUT2D eigenvalue weighted by atomic mass is 32.1. The van der Waals surface area contributed by atoms with Crippen LogP contribution in [0.3, 0.4) is 0 Å². The summed E-state index contributed by atoms with van der Waals surface area (Å²) in [6.45, 7) is 0. The number of hydrogen-bond acceptors (Lipinski definition) is 5. The van der Waals surface area contributed by atoms with Crippen molar-refractivity contribution in [3.05, 3.63) is 30.3 Å². The molecule has 1 aromatic carbocycles. The Hall–Kier alpha value is -2.02. The highest BCUT2D eigenvalue weighted by molar-refractivity contribution is 7.19. The first-order valence-corrected chi connectivity index (χ1v) is 5.21. The van der Waals surface area contributed by atoms with E-state index in [9.17, 15) is 9.50 Å². The second-order valence-corrected chi connectivity index (χ2v) is 4.08. The lowest BCUT2D eigenvalue weighted by Gasteiger charge is -1.99. The van der Waals surface area contributed by atoms with Crippen molar-refractivity contribution in [3.63, 3.8) is 0 Å². The fourth-order valence-corrected chi connectivity index (χ4v) is 2.21. The standard InChI is InChI=1S/C9H5FN4OS/c10-5-1-2-6(7(15)3-5)8-13-14-4-11-12-9(14)16-8/h1-4,15H. The number of aromatic hydroxyl groups is 1. The number of rotatable bonds is 1. The number of phenolic OH excluding ortho intramolecular Hbond substituents is 1. The number of fused-ring (bicyclic) bond motifs is 1. The van der Waals surface area contributed by atoms with Crippen molar-refractivity contribution in [1.29, 1.82) is 0 Å². The molecule has 0 radical (unpaired) electrons. The Morgan fingerprint density at radius 3 is 3.00 bits per heavy atom. The molecule has 0 aliphatic heterocycles. The lowest BCUT2D eigenvalue weighted by molar-refractivity contribution is 0.471. The van der Waals surface area contributed by atoms with Gasteiger partial charge in [0.2, 0.25) is 4.96 Å². The van der Waals surface area contributed by atoms with Crippen molar-refractivity contribution in [3.8, 4) is 16.3 Å². The van der Waals surface area contributed by atoms with Gasteiger partial charge in [-0.15, -0.1) is 10.2 Å². The molecule has 16 heavy (non-hydrogen) atoms. The quantitative estimate of drug-likeness (QED) is 0.698. The molecule has 0 saturated heterocycles. The first-order chi connectivity index (χ1) is 7.74. The SMILES string of the molecule is Oc1cc(F)ccc1-c1nn2cnnc2s1. The summed E-state index contributed by atoms with van der Waals surface area (Å²) in [6, 6.07) is 3.81. The van der Waals surface area contributed by atoms with Crippen LogP contribution in [0.25, 0.3) is 15.5 Å². The minimum absolute atomic E-state index is 0.134. The van der Waals surface area contributed by atoms with Crippen molar-refractivity contribution >= 4 is 16.3 Å². The third-order valence-electron chi connectivity index (χ3n) is 2.08. The zero-order valence-electron chi connectivity index (χ0n) is 7.83. The molecular formula is C9H5FN4OS. The summed E-state index contributed by atoms with van der Waals surface area (Å²) in [5, 5.41) is 21.8. The Bertz CT molecular complexity index is 634. The van der Waals surface area contributed by atoms with Crippen molar-refractivity contribution < 1.29 is 9.50 Å². The van der Waals surface area contributed by atoms with Gasteiger partial charge in [-0.3, -0.25) is 0 Å². The number of nitrogens with zero attached hydrogens (tertiary/aromatic N) is 4. The van der Waals surface area contributed by atoms with Gasteiger partial charge < -0.3 is 5.11 Å². The predicted octanol–water partition coefficient (Wildman–Crippen LogP) is 1.70. The molecule has 0 spiro atoms. The molecule has 0 amide bonds. The number of phenols is 1. The van der Waals surface area contributed by atoms with Crippen LogP contribution in [-0.2, 0) is 0 Å². The second kappa shape index (κ2) is 3.24. The molecule has 0 aliphatic carbocycles. The summed E-state index contributed by atoms with van der Waals surface area (Å²) in [5.74, 6) is -0.616. The van der Waals surface area contributed by atoms with E-state index in [4.69, 9.17) is 0 Å². The van der Waals surface area contributed by atoms with Gasteiger partial charge in [-0.05, 0) is 12.1 Å². The molecule has 3 rings (SSSR count). The molecule has 0 bridgehead atoms. The van der Waals surface area contributed by atoms with Crippen LogP contribution in [0.4, 0.5) is 4.39 Å². The van der Waals surface area contributed by atoms with E-state index < -0.39 is 5.82 Å². The van der Waals surface area contributed by atoms with Crippen LogP contribution in [0.5, 0.6) is 5.75 Å². The Kier molecular flexibility index (Phi) is 1.87. The van der Waals surface area contributed by atoms with Crippen LogP contribution in [0.15, 0.2) is 24.5 Å². The van der Waals surface area contributed by atoms with E-state index in [0.717, 1.165) is 6.07 Å². The summed E-state index contributed by atoms with van der Waals surface area (Å²) >= 11 is 1.27. The molecule has 5 nitrogen and oxygen atoms in total. The Morgan fingerprint density at radius 1 is 1.38 bits per heavy atom. The maximum Gasteiger partial charge on any atom is 0.234 e. The third kappa shape index (κ3) is 1.33. The Labute approximate surface area is 92.8 Å². The van der Waals surface area contributed by atoms with Gasteiger partial charge in [0, 0.05) is 6.07 Å². The number of aromatic nitrogens is 4. The topological polar surface area (TPSA) is 63.3 Å². The maximum atomic E-state index is 12.8. The normalized spacial score (nSPS) is 11.1. The Balaban J connectivity index is 2.19. The average Bonchev–Trinajstić information content (AvgIpc) is 2.76. The molecule has 0 unspecified atom stereocenters. The van der Waals surface area contributed by atoms with Gasteiger partial charge in [-0.25, -0.2) is 4.39 Å².